The Morgan fingerprint density at radius 1 is 1.24 bits per heavy atom. The Morgan fingerprint density at radius 3 is 2.76 bits per heavy atom. The van der Waals surface area contributed by atoms with Crippen LogP contribution < -0.4 is 4.74 Å². The van der Waals surface area contributed by atoms with Crippen molar-refractivity contribution >= 4 is 11.9 Å². The zero-order valence-corrected chi connectivity index (χ0v) is 12.0. The Bertz CT molecular complexity index is 739. The van der Waals surface area contributed by atoms with Gasteiger partial charge in [0.25, 0.3) is 0 Å². The molecular formula is C18H15NO2. The molecule has 0 amide bonds. The molecule has 3 nitrogen and oxygen atoms in total. The third kappa shape index (κ3) is 3.80. The molecule has 0 spiro atoms. The van der Waals surface area contributed by atoms with Gasteiger partial charge in [-0.1, -0.05) is 18.2 Å². The summed E-state index contributed by atoms with van der Waals surface area (Å²) in [6.45, 7) is 1.92. The van der Waals surface area contributed by atoms with Crippen LogP contribution in [0.3, 0.4) is 0 Å². The molecule has 0 N–H and O–H groups in total. The molecule has 0 bridgehead atoms. The fraction of sp³-hybridized carbons (Fsp3) is 0.111. The van der Waals surface area contributed by atoms with Gasteiger partial charge in [0, 0.05) is 5.56 Å². The minimum Gasteiger partial charge on any atom is -0.497 e. The number of allylic oxidation sites excluding steroid dienone is 1. The van der Waals surface area contributed by atoms with E-state index in [9.17, 15) is 4.79 Å². The number of carbonyl (C=O) groups is 1. The van der Waals surface area contributed by atoms with Crippen molar-refractivity contribution in [3.05, 3.63) is 70.8 Å². The van der Waals surface area contributed by atoms with Crippen LogP contribution in [0.2, 0.25) is 0 Å². The van der Waals surface area contributed by atoms with Crippen LogP contribution in [0.25, 0.3) is 6.08 Å². The quantitative estimate of drug-likeness (QED) is 0.631. The highest BCUT2D eigenvalue weighted by molar-refractivity contribution is 6.07. The number of nitrogens with zero attached hydrogens (tertiary/aromatic N) is 1. The summed E-state index contributed by atoms with van der Waals surface area (Å²) in [5.41, 5.74) is 2.95. The highest BCUT2D eigenvalue weighted by atomic mass is 16.5. The molecule has 0 aliphatic rings. The summed E-state index contributed by atoms with van der Waals surface area (Å²) < 4.78 is 5.17. The zero-order valence-electron chi connectivity index (χ0n) is 12.0. The van der Waals surface area contributed by atoms with Crippen LogP contribution in [0.4, 0.5) is 0 Å². The summed E-state index contributed by atoms with van der Waals surface area (Å²) in [6, 6.07) is 14.6. The van der Waals surface area contributed by atoms with E-state index in [0.717, 1.165) is 11.1 Å². The maximum atomic E-state index is 12.2. The first-order valence-corrected chi connectivity index (χ1v) is 6.50. The number of benzene rings is 2. The number of methoxy groups -OCH3 is 1. The summed E-state index contributed by atoms with van der Waals surface area (Å²) >= 11 is 0. The average molecular weight is 277 g/mol. The van der Waals surface area contributed by atoms with E-state index in [2.05, 4.69) is 6.07 Å². The Hall–Kier alpha value is -2.86. The number of hydrogen-bond acceptors (Lipinski definition) is 3. The van der Waals surface area contributed by atoms with Crippen molar-refractivity contribution in [3.8, 4) is 11.8 Å². The molecule has 0 radical (unpaired) electrons. The predicted octanol–water partition coefficient (Wildman–Crippen LogP) is 3.77. The molecule has 2 rings (SSSR count). The van der Waals surface area contributed by atoms with Crippen LogP contribution in [0.5, 0.6) is 5.75 Å². The largest absolute Gasteiger partial charge is 0.497 e. The predicted molar refractivity (Wildman–Crippen MR) is 82.3 cm³/mol. The van der Waals surface area contributed by atoms with Crippen LogP contribution in [-0.4, -0.2) is 12.9 Å². The van der Waals surface area contributed by atoms with Crippen LogP contribution in [0, 0.1) is 18.3 Å². The zero-order chi connectivity index (χ0) is 15.2. The molecule has 0 aliphatic carbocycles. The molecule has 21 heavy (non-hydrogen) atoms. The van der Waals surface area contributed by atoms with E-state index >= 15 is 0 Å². The maximum absolute atomic E-state index is 12.2. The van der Waals surface area contributed by atoms with Crippen molar-refractivity contribution in [1.29, 1.82) is 5.26 Å². The highest BCUT2D eigenvalue weighted by Crippen LogP contribution is 2.17. The second-order valence-corrected chi connectivity index (χ2v) is 4.67. The van der Waals surface area contributed by atoms with Crippen molar-refractivity contribution in [1.82, 2.24) is 0 Å². The van der Waals surface area contributed by atoms with Crippen molar-refractivity contribution < 1.29 is 9.53 Å². The van der Waals surface area contributed by atoms with Gasteiger partial charge in [0.1, 0.15) is 5.75 Å². The summed E-state index contributed by atoms with van der Waals surface area (Å²) in [7, 11) is 1.58. The standard InChI is InChI=1S/C18H15NO2/c1-13-8-16(11-17(9-13)21-2)18(20)7-6-14-4-3-5-15(10-14)12-19/h3-11H,1-2H3/b7-6+. The first-order chi connectivity index (χ1) is 10.1. The summed E-state index contributed by atoms with van der Waals surface area (Å²) in [4.78, 5) is 12.2. The van der Waals surface area contributed by atoms with E-state index in [1.807, 2.05) is 25.1 Å². The van der Waals surface area contributed by atoms with Gasteiger partial charge in [-0.2, -0.15) is 5.26 Å². The second kappa shape index (κ2) is 6.53. The Labute approximate surface area is 124 Å². The number of nitriles is 1. The molecular weight excluding hydrogens is 262 g/mol. The molecule has 3 heteroatoms. The Kier molecular flexibility index (Phi) is 4.53. The van der Waals surface area contributed by atoms with Crippen LogP contribution in [0.15, 0.2) is 48.5 Å². The van der Waals surface area contributed by atoms with E-state index < -0.39 is 0 Å². The smallest absolute Gasteiger partial charge is 0.185 e. The minimum atomic E-state index is -0.0978. The third-order valence-electron chi connectivity index (χ3n) is 3.01. The molecule has 0 heterocycles. The van der Waals surface area contributed by atoms with E-state index in [1.54, 1.807) is 37.5 Å². The first kappa shape index (κ1) is 14.5. The molecule has 0 atom stereocenters. The minimum absolute atomic E-state index is 0.0978. The van der Waals surface area contributed by atoms with Crippen LogP contribution in [-0.2, 0) is 0 Å². The number of hydrogen-bond donors (Lipinski definition) is 0. The van der Waals surface area contributed by atoms with Gasteiger partial charge < -0.3 is 4.74 Å². The Balaban J connectivity index is 2.23. The summed E-state index contributed by atoms with van der Waals surface area (Å²) in [5.74, 6) is 0.567. The van der Waals surface area contributed by atoms with Gasteiger partial charge in [0.05, 0.1) is 18.7 Å². The van der Waals surface area contributed by atoms with Gasteiger partial charge in [-0.25, -0.2) is 0 Å². The number of carbonyl (C=O) groups excluding carboxylic acids is 1. The maximum Gasteiger partial charge on any atom is 0.185 e. The molecule has 0 saturated heterocycles. The van der Waals surface area contributed by atoms with Gasteiger partial charge >= 0.3 is 0 Å². The van der Waals surface area contributed by atoms with Crippen molar-refractivity contribution in [3.63, 3.8) is 0 Å². The topological polar surface area (TPSA) is 50.1 Å². The molecule has 2 aromatic carbocycles. The normalized spacial score (nSPS) is 10.3. The lowest BCUT2D eigenvalue weighted by Crippen LogP contribution is -1.96. The van der Waals surface area contributed by atoms with Crippen LogP contribution >= 0.6 is 0 Å². The van der Waals surface area contributed by atoms with Crippen molar-refractivity contribution in [2.45, 2.75) is 6.92 Å². The van der Waals surface area contributed by atoms with E-state index in [-0.39, 0.29) is 5.78 Å². The molecule has 104 valence electrons. The van der Waals surface area contributed by atoms with Gasteiger partial charge in [-0.15, -0.1) is 0 Å². The lowest BCUT2D eigenvalue weighted by Gasteiger charge is -2.04. The van der Waals surface area contributed by atoms with Gasteiger partial charge in [0.2, 0.25) is 0 Å². The molecule has 0 aliphatic heterocycles. The third-order valence-corrected chi connectivity index (χ3v) is 3.01. The molecule has 2 aromatic rings. The molecule has 0 fully saturated rings. The van der Waals surface area contributed by atoms with Crippen LogP contribution in [0.1, 0.15) is 27.0 Å². The van der Waals surface area contributed by atoms with Gasteiger partial charge in [-0.3, -0.25) is 4.79 Å². The van der Waals surface area contributed by atoms with Crippen molar-refractivity contribution in [2.24, 2.45) is 0 Å². The van der Waals surface area contributed by atoms with E-state index in [1.165, 1.54) is 6.08 Å². The molecule has 0 unspecified atom stereocenters. The number of ether oxygens (including phenoxy) is 1. The highest BCUT2D eigenvalue weighted by Gasteiger charge is 2.05. The average Bonchev–Trinajstić information content (AvgIpc) is 2.52. The van der Waals surface area contributed by atoms with Crippen molar-refractivity contribution in [2.75, 3.05) is 7.11 Å². The summed E-state index contributed by atoms with van der Waals surface area (Å²) in [6.07, 6.45) is 3.21. The lowest BCUT2D eigenvalue weighted by molar-refractivity contribution is 0.104. The SMILES string of the molecule is COc1cc(C)cc(C(=O)/C=C/c2cccc(C#N)c2)c1. The monoisotopic (exact) mass is 277 g/mol. The fourth-order valence-corrected chi connectivity index (χ4v) is 1.99. The Morgan fingerprint density at radius 2 is 2.05 bits per heavy atom. The number of ketones is 1. The number of aryl methyl sites for hydroxylation is 1. The number of rotatable bonds is 4. The molecule has 0 saturated carbocycles. The summed E-state index contributed by atoms with van der Waals surface area (Å²) in [5, 5.41) is 8.85. The second-order valence-electron chi connectivity index (χ2n) is 4.67. The van der Waals surface area contributed by atoms with E-state index in [0.29, 0.717) is 16.9 Å². The first-order valence-electron chi connectivity index (χ1n) is 6.50. The van der Waals surface area contributed by atoms with Gasteiger partial charge in [-0.05, 0) is 54.5 Å². The van der Waals surface area contributed by atoms with E-state index in [4.69, 9.17) is 10.00 Å². The molecule has 0 aromatic heterocycles. The van der Waals surface area contributed by atoms with Gasteiger partial charge in [0.15, 0.2) is 5.78 Å². The lowest BCUT2D eigenvalue weighted by atomic mass is 10.1. The fourth-order valence-electron chi connectivity index (χ4n) is 1.99.